The maximum absolute atomic E-state index is 12.7. The number of nitrogens with zero attached hydrogens (tertiary/aromatic N) is 3. The molecule has 0 atom stereocenters. The van der Waals surface area contributed by atoms with Gasteiger partial charge in [0.2, 0.25) is 0 Å². The lowest BCUT2D eigenvalue weighted by Crippen LogP contribution is -2.48. The van der Waals surface area contributed by atoms with E-state index in [-0.39, 0.29) is 22.9 Å². The van der Waals surface area contributed by atoms with Crippen molar-refractivity contribution in [1.82, 2.24) is 9.80 Å². The second-order valence-electron chi connectivity index (χ2n) is 6.24. The number of urea groups is 2. The van der Waals surface area contributed by atoms with Gasteiger partial charge in [-0.05, 0) is 23.8 Å². The fraction of sp³-hybridized carbons (Fsp3) is 0.200. The van der Waals surface area contributed by atoms with Crippen molar-refractivity contribution < 1.29 is 19.1 Å². The maximum Gasteiger partial charge on any atom is 0.340 e. The number of carbonyl (C=O) groups excluding carboxylic acids is 3. The monoisotopic (exact) mass is 433 g/mol. The van der Waals surface area contributed by atoms with Crippen molar-refractivity contribution in [2.45, 2.75) is 6.61 Å². The van der Waals surface area contributed by atoms with E-state index in [0.29, 0.717) is 0 Å². The van der Waals surface area contributed by atoms with Gasteiger partial charge in [-0.1, -0.05) is 54.2 Å². The van der Waals surface area contributed by atoms with Crippen LogP contribution in [-0.2, 0) is 11.3 Å². The summed E-state index contributed by atoms with van der Waals surface area (Å²) >= 11 is 10.9. The van der Waals surface area contributed by atoms with Crippen molar-refractivity contribution in [3.8, 4) is 0 Å². The minimum Gasteiger partial charge on any atom is -0.457 e. The predicted octanol–water partition coefficient (Wildman–Crippen LogP) is 4.19. The Morgan fingerprint density at radius 1 is 1.03 bits per heavy atom. The molecule has 0 aliphatic carbocycles. The number of hydrogen-bond acceptors (Lipinski definition) is 5. The molecule has 0 heterocycles. The molecule has 2 rings (SSSR count). The molecule has 0 saturated heterocycles. The summed E-state index contributed by atoms with van der Waals surface area (Å²) in [6, 6.07) is 12.1. The van der Waals surface area contributed by atoms with E-state index in [1.807, 2.05) is 30.3 Å². The summed E-state index contributed by atoms with van der Waals surface area (Å²) in [5, 5.41) is 0.139. The average Bonchev–Trinajstić information content (AvgIpc) is 2.73. The largest absolute Gasteiger partial charge is 0.457 e. The number of ether oxygens (including phenoxy) is 1. The number of carbonyl (C=O) groups is 3. The third-order valence-electron chi connectivity index (χ3n) is 3.87. The Hall–Kier alpha value is -2.97. The summed E-state index contributed by atoms with van der Waals surface area (Å²) in [6.07, 6.45) is 0. The van der Waals surface area contributed by atoms with Gasteiger partial charge >= 0.3 is 18.0 Å². The van der Waals surface area contributed by atoms with Crippen LogP contribution in [0.2, 0.25) is 5.02 Å². The second kappa shape index (κ2) is 9.99. The molecular formula is C20H20ClN3O4S. The zero-order valence-corrected chi connectivity index (χ0v) is 17.7. The Balaban J connectivity index is 2.34. The highest BCUT2D eigenvalue weighted by atomic mass is 35.5. The molecule has 152 valence electrons. The second-order valence-corrected chi connectivity index (χ2v) is 6.86. The van der Waals surface area contributed by atoms with Gasteiger partial charge < -0.3 is 9.64 Å². The average molecular weight is 434 g/mol. The van der Waals surface area contributed by atoms with E-state index < -0.39 is 18.0 Å². The molecule has 7 nitrogen and oxygen atoms in total. The molecule has 0 saturated carbocycles. The summed E-state index contributed by atoms with van der Waals surface area (Å²) in [5.41, 5.74) is 2.13. The van der Waals surface area contributed by atoms with E-state index in [1.54, 1.807) is 0 Å². The molecule has 4 amide bonds. The molecule has 0 fully saturated rings. The van der Waals surface area contributed by atoms with Gasteiger partial charge in [0.15, 0.2) is 0 Å². The van der Waals surface area contributed by atoms with Gasteiger partial charge in [0.25, 0.3) is 0 Å². The van der Waals surface area contributed by atoms with E-state index in [0.717, 1.165) is 20.9 Å². The van der Waals surface area contributed by atoms with Gasteiger partial charge in [0, 0.05) is 21.1 Å². The molecule has 9 heteroatoms. The number of esters is 1. The van der Waals surface area contributed by atoms with Crippen LogP contribution >= 0.6 is 23.8 Å². The van der Waals surface area contributed by atoms with E-state index in [1.165, 1.54) is 44.2 Å². The number of halogens is 1. The number of amides is 4. The number of anilines is 1. The normalized spacial score (nSPS) is 10.1. The van der Waals surface area contributed by atoms with Crippen molar-refractivity contribution >= 4 is 53.0 Å². The zero-order valence-electron chi connectivity index (χ0n) is 16.2. The molecule has 0 N–H and O–H groups in total. The standard InChI is InChI=1S/C20H20ClN3O4S/c1-22(2)19(26)24(20(27)23(3)13-29)15-9-10-17(21)16(11-15)18(25)28-12-14-7-5-4-6-8-14/h4-11,13H,12H2,1-3H3. The molecule has 0 aliphatic rings. The first kappa shape index (κ1) is 22.3. The highest BCUT2D eigenvalue weighted by Crippen LogP contribution is 2.26. The van der Waals surface area contributed by atoms with Gasteiger partial charge in [-0.3, -0.25) is 4.90 Å². The van der Waals surface area contributed by atoms with Crippen LogP contribution in [0.15, 0.2) is 48.5 Å². The maximum atomic E-state index is 12.7. The number of imide groups is 1. The fourth-order valence-corrected chi connectivity index (χ4v) is 2.60. The number of thiocarbonyl (C=S) groups is 1. The third-order valence-corrected chi connectivity index (χ3v) is 4.51. The topological polar surface area (TPSA) is 70.2 Å². The SMILES string of the molecule is CN(C)C(=O)N(C(=O)N(C)C=S)c1ccc(Cl)c(C(=O)OCc2ccccc2)c1. The first-order valence-electron chi connectivity index (χ1n) is 8.50. The molecule has 0 unspecified atom stereocenters. The Kier molecular flexibility index (Phi) is 7.69. The van der Waals surface area contributed by atoms with E-state index in [2.05, 4.69) is 0 Å². The van der Waals surface area contributed by atoms with Crippen molar-refractivity contribution in [1.29, 1.82) is 0 Å². The van der Waals surface area contributed by atoms with E-state index in [9.17, 15) is 14.4 Å². The van der Waals surface area contributed by atoms with Crippen LogP contribution in [0, 0.1) is 0 Å². The van der Waals surface area contributed by atoms with Crippen LogP contribution in [0.5, 0.6) is 0 Å². The minimum absolute atomic E-state index is 0.0365. The van der Waals surface area contributed by atoms with Gasteiger partial charge in [-0.25, -0.2) is 19.3 Å². The molecule has 2 aromatic rings. The molecule has 0 aliphatic heterocycles. The van der Waals surface area contributed by atoms with Crippen LogP contribution < -0.4 is 4.90 Å². The van der Waals surface area contributed by atoms with Gasteiger partial charge in [-0.2, -0.15) is 0 Å². The summed E-state index contributed by atoms with van der Waals surface area (Å²) in [4.78, 5) is 41.0. The number of rotatable bonds is 5. The zero-order chi connectivity index (χ0) is 21.6. The predicted molar refractivity (Wildman–Crippen MR) is 115 cm³/mol. The van der Waals surface area contributed by atoms with E-state index in [4.69, 9.17) is 28.6 Å². The smallest absolute Gasteiger partial charge is 0.340 e. The van der Waals surface area contributed by atoms with Crippen molar-refractivity contribution in [3.05, 3.63) is 64.7 Å². The molecule has 0 radical (unpaired) electrons. The van der Waals surface area contributed by atoms with Gasteiger partial charge in [0.05, 0.1) is 21.8 Å². The van der Waals surface area contributed by atoms with Crippen LogP contribution in [0.1, 0.15) is 15.9 Å². The summed E-state index contributed by atoms with van der Waals surface area (Å²) in [5.74, 6) is -0.673. The van der Waals surface area contributed by atoms with Crippen LogP contribution in [0.3, 0.4) is 0 Å². The molecule has 0 spiro atoms. The molecule has 2 aromatic carbocycles. The highest BCUT2D eigenvalue weighted by Gasteiger charge is 2.28. The van der Waals surface area contributed by atoms with Crippen molar-refractivity contribution in [3.63, 3.8) is 0 Å². The minimum atomic E-state index is -0.676. The van der Waals surface area contributed by atoms with Crippen LogP contribution in [0.25, 0.3) is 0 Å². The lowest BCUT2D eigenvalue weighted by molar-refractivity contribution is 0.0473. The quantitative estimate of drug-likeness (QED) is 0.522. The first-order chi connectivity index (χ1) is 13.8. The number of hydrogen-bond donors (Lipinski definition) is 0. The van der Waals surface area contributed by atoms with Gasteiger partial charge in [-0.15, -0.1) is 0 Å². The summed E-state index contributed by atoms with van der Waals surface area (Å²) < 4.78 is 5.31. The Bertz CT molecular complexity index is 921. The molecule has 0 bridgehead atoms. The Morgan fingerprint density at radius 3 is 2.28 bits per heavy atom. The summed E-state index contributed by atoms with van der Waals surface area (Å²) in [7, 11) is 4.44. The number of benzene rings is 2. The van der Waals surface area contributed by atoms with Crippen molar-refractivity contribution in [2.75, 3.05) is 26.0 Å². The van der Waals surface area contributed by atoms with Crippen molar-refractivity contribution in [2.24, 2.45) is 0 Å². The summed E-state index contributed by atoms with van der Waals surface area (Å²) in [6.45, 7) is 0.0627. The lowest BCUT2D eigenvalue weighted by Gasteiger charge is -2.27. The van der Waals surface area contributed by atoms with Gasteiger partial charge in [0.1, 0.15) is 6.61 Å². The highest BCUT2D eigenvalue weighted by molar-refractivity contribution is 7.78. The third kappa shape index (κ3) is 5.52. The lowest BCUT2D eigenvalue weighted by atomic mass is 10.2. The first-order valence-corrected chi connectivity index (χ1v) is 9.35. The molecule has 0 aromatic heterocycles. The fourth-order valence-electron chi connectivity index (χ4n) is 2.32. The Morgan fingerprint density at radius 2 is 1.69 bits per heavy atom. The van der Waals surface area contributed by atoms with Crippen LogP contribution in [-0.4, -0.2) is 54.5 Å². The van der Waals surface area contributed by atoms with E-state index >= 15 is 0 Å². The Labute approximate surface area is 179 Å². The molecule has 29 heavy (non-hydrogen) atoms. The van der Waals surface area contributed by atoms with Crippen LogP contribution in [0.4, 0.5) is 15.3 Å². The molecular weight excluding hydrogens is 414 g/mol.